The number of pyridine rings is 2. The summed E-state index contributed by atoms with van der Waals surface area (Å²) in [6, 6.07) is 37.7. The van der Waals surface area contributed by atoms with Crippen LogP contribution >= 0.6 is 0 Å². The summed E-state index contributed by atoms with van der Waals surface area (Å²) in [6.45, 7) is 4.18. The number of furan rings is 1. The average Bonchev–Trinajstić information content (AvgIpc) is 3.65. The maximum absolute atomic E-state index is 9.30. The second kappa shape index (κ2) is 17.7. The molecule has 0 amide bonds. The predicted molar refractivity (Wildman–Crippen MR) is 240 cm³/mol. The van der Waals surface area contributed by atoms with Crippen LogP contribution in [0.3, 0.4) is 0 Å². The SMILES string of the molecule is [2H]C([2H])([2H])c1c[c-]c(-c2ccc(C([2H])([2H])C(C)(C)C)cn2)cc1-c1ccccc1.[2H]c1cc(CC(C)(C)C)cc(C([2H])([2H])[2H])c1-c1cc(-c2[c-]ccc3c2oc2cc(C#N)ccc23)ncc1C([2H])([2H])[2H].[Ir]. The van der Waals surface area contributed by atoms with Crippen molar-refractivity contribution in [2.45, 2.75) is 74.9 Å². The van der Waals surface area contributed by atoms with E-state index in [0.29, 0.717) is 62.4 Å². The predicted octanol–water partition coefficient (Wildman–Crippen LogP) is 14.3. The molecule has 4 nitrogen and oxygen atoms in total. The molecule has 0 aliphatic heterocycles. The molecule has 0 aliphatic carbocycles. The molecule has 8 aromatic rings. The molecule has 0 aliphatic rings. The third kappa shape index (κ3) is 10.1. The second-order valence-electron chi connectivity index (χ2n) is 16.5. The van der Waals surface area contributed by atoms with E-state index in [1.54, 1.807) is 60.8 Å². The van der Waals surface area contributed by atoms with Crippen LogP contribution in [-0.2, 0) is 32.9 Å². The van der Waals surface area contributed by atoms with Gasteiger partial charge in [0.1, 0.15) is 5.58 Å². The van der Waals surface area contributed by atoms with Gasteiger partial charge in [0.2, 0.25) is 0 Å². The number of hydrogen-bond donors (Lipinski definition) is 0. The van der Waals surface area contributed by atoms with Gasteiger partial charge in [-0.1, -0.05) is 138 Å². The Balaban J connectivity index is 0.000000243. The van der Waals surface area contributed by atoms with Gasteiger partial charge in [0.05, 0.1) is 18.6 Å². The minimum absolute atomic E-state index is 0. The second-order valence-corrected chi connectivity index (χ2v) is 16.5. The van der Waals surface area contributed by atoms with Crippen LogP contribution in [-0.4, -0.2) is 9.97 Å². The monoisotopic (exact) mass is 962 g/mol. The largest absolute Gasteiger partial charge is 0.501 e. The van der Waals surface area contributed by atoms with Gasteiger partial charge >= 0.3 is 0 Å². The van der Waals surface area contributed by atoms with Crippen LogP contribution in [0.25, 0.3) is 66.7 Å². The van der Waals surface area contributed by atoms with Gasteiger partial charge in [0, 0.05) is 53.0 Å². The summed E-state index contributed by atoms with van der Waals surface area (Å²) in [4.78, 5) is 8.88. The minimum Gasteiger partial charge on any atom is -0.501 e. The first-order chi connectivity index (χ1) is 32.5. The molecular weight excluding hydrogens is 899 g/mol. The maximum atomic E-state index is 9.30. The van der Waals surface area contributed by atoms with Crippen molar-refractivity contribution in [2.75, 3.05) is 0 Å². The molecule has 8 rings (SSSR count). The molecule has 0 N–H and O–H groups in total. The smallest absolute Gasteiger partial charge is 0.122 e. The van der Waals surface area contributed by atoms with Crippen LogP contribution < -0.4 is 0 Å². The zero-order valence-electron chi connectivity index (χ0n) is 45.8. The maximum Gasteiger partial charge on any atom is 0.122 e. The number of aryl methyl sites for hydroxylation is 3. The summed E-state index contributed by atoms with van der Waals surface area (Å²) in [5.41, 5.74) is 5.50. The molecular formula is C54H51IrN3O-2. The molecule has 1 radical (unpaired) electrons. The minimum atomic E-state index is -2.62. The van der Waals surface area contributed by atoms with Crippen LogP contribution in [0.5, 0.6) is 0 Å². The first-order valence-electron chi connectivity index (χ1n) is 25.0. The fourth-order valence-corrected chi connectivity index (χ4v) is 6.84. The summed E-state index contributed by atoms with van der Waals surface area (Å²) in [5, 5.41) is 10.9. The molecule has 299 valence electrons. The van der Waals surface area contributed by atoms with Gasteiger partial charge in [0.15, 0.2) is 0 Å². The van der Waals surface area contributed by atoms with Crippen molar-refractivity contribution in [3.8, 4) is 50.8 Å². The number of hydrogen-bond acceptors (Lipinski definition) is 4. The van der Waals surface area contributed by atoms with E-state index in [4.69, 9.17) is 20.9 Å². The van der Waals surface area contributed by atoms with Crippen molar-refractivity contribution in [3.63, 3.8) is 0 Å². The Morgan fingerprint density at radius 2 is 1.51 bits per heavy atom. The van der Waals surface area contributed by atoms with Crippen LogP contribution in [0.15, 0.2) is 126 Å². The zero-order valence-corrected chi connectivity index (χ0v) is 36.2. The van der Waals surface area contributed by atoms with Crippen LogP contribution in [0, 0.1) is 54.8 Å². The van der Waals surface area contributed by atoms with Gasteiger partial charge in [-0.25, -0.2) is 0 Å². The topological polar surface area (TPSA) is 62.7 Å². The van der Waals surface area contributed by atoms with Gasteiger partial charge in [-0.05, 0) is 99.8 Å². The van der Waals surface area contributed by atoms with E-state index in [-0.39, 0.29) is 59.4 Å². The van der Waals surface area contributed by atoms with Gasteiger partial charge in [-0.15, -0.1) is 47.5 Å². The quantitative estimate of drug-likeness (QED) is 0.156. The van der Waals surface area contributed by atoms with Crippen LogP contribution in [0.4, 0.5) is 0 Å². The number of aromatic nitrogens is 2. The third-order valence-electron chi connectivity index (χ3n) is 9.32. The van der Waals surface area contributed by atoms with Crippen LogP contribution in [0.1, 0.15) is 91.4 Å². The normalized spacial score (nSPS) is 15.3. The molecule has 0 saturated carbocycles. The summed E-state index contributed by atoms with van der Waals surface area (Å²) in [5.74, 6) is 0. The molecule has 5 aromatic carbocycles. The average molecular weight is 962 g/mol. The Morgan fingerprint density at radius 3 is 2.20 bits per heavy atom. The van der Waals surface area contributed by atoms with E-state index in [1.807, 2.05) is 77.9 Å². The molecule has 0 spiro atoms. The fraction of sp³-hybridized carbons (Fsp3) is 0.241. The first-order valence-corrected chi connectivity index (χ1v) is 19.0. The standard InChI is InChI=1S/C31H27N2O.C23H24N.Ir/c1-19-13-21(16-31(3,4)5)9-11-23(19)27-15-28(33-18-20(27)2)26-8-6-7-25-24-12-10-22(17-32)14-29(24)34-30(25)26;1-17-10-12-20(14-21(17)19-8-6-5-7-9-19)22-13-11-18(16-24-22)15-23(2,3)4;/h6-7,9-15,18H,16H2,1-5H3;5-11,13-14,16H,15H2,1-4H3;/q2*-1;/i1D3,2D3,11D;1D3,15D2;. The summed E-state index contributed by atoms with van der Waals surface area (Å²) < 4.78 is 105. The van der Waals surface area contributed by atoms with Crippen molar-refractivity contribution in [1.29, 1.82) is 5.26 Å². The summed E-state index contributed by atoms with van der Waals surface area (Å²) >= 11 is 0. The van der Waals surface area contributed by atoms with Gasteiger partial charge in [-0.3, -0.25) is 0 Å². The molecule has 0 atom stereocenters. The molecule has 3 aromatic heterocycles. The number of rotatable bonds is 6. The third-order valence-corrected chi connectivity index (χ3v) is 9.32. The van der Waals surface area contributed by atoms with Crippen molar-refractivity contribution in [1.82, 2.24) is 9.97 Å². The van der Waals surface area contributed by atoms with E-state index in [2.05, 4.69) is 28.2 Å². The summed E-state index contributed by atoms with van der Waals surface area (Å²) in [6.07, 6.45) is 1.79. The Hall–Kier alpha value is -5.66. The molecule has 0 bridgehead atoms. The number of nitriles is 1. The van der Waals surface area contributed by atoms with Crippen molar-refractivity contribution < 1.29 is 41.0 Å². The number of benzene rings is 5. The van der Waals surface area contributed by atoms with E-state index < -0.39 is 32.3 Å². The van der Waals surface area contributed by atoms with Crippen molar-refractivity contribution in [2.24, 2.45) is 10.8 Å². The number of fused-ring (bicyclic) bond motifs is 3. The zero-order chi connectivity index (χ0) is 51.4. The Kier molecular flexibility index (Phi) is 8.85. The van der Waals surface area contributed by atoms with E-state index >= 15 is 0 Å². The van der Waals surface area contributed by atoms with Crippen LogP contribution in [0.2, 0.25) is 0 Å². The van der Waals surface area contributed by atoms with Crippen molar-refractivity contribution >= 4 is 21.9 Å². The van der Waals surface area contributed by atoms with E-state index in [9.17, 15) is 5.26 Å². The Morgan fingerprint density at radius 1 is 0.729 bits per heavy atom. The molecule has 0 fully saturated rings. The van der Waals surface area contributed by atoms with E-state index in [1.165, 1.54) is 18.3 Å². The first kappa shape index (κ1) is 29.5. The Bertz CT molecular complexity index is 3270. The van der Waals surface area contributed by atoms with Crippen molar-refractivity contribution in [3.05, 3.63) is 167 Å². The molecule has 0 unspecified atom stereocenters. The molecule has 3 heterocycles. The van der Waals surface area contributed by atoms with E-state index in [0.717, 1.165) is 16.3 Å². The van der Waals surface area contributed by atoms with Gasteiger partial charge < -0.3 is 14.4 Å². The summed E-state index contributed by atoms with van der Waals surface area (Å²) in [7, 11) is 0. The fourth-order valence-electron chi connectivity index (χ4n) is 6.84. The molecule has 59 heavy (non-hydrogen) atoms. The Labute approximate surface area is 380 Å². The van der Waals surface area contributed by atoms with Gasteiger partial charge in [-0.2, -0.15) is 5.26 Å². The number of nitrogens with zero attached hydrogens (tertiary/aromatic N) is 3. The molecule has 5 heteroatoms. The van der Waals surface area contributed by atoms with Gasteiger partial charge in [0.25, 0.3) is 0 Å². The molecule has 0 saturated heterocycles.